The SMILES string of the molecule is C=C1C2CC(CC)CC(C(=O)OCC(=O)c3ccc4c(c3)CNc3cc5c(cc3-4)CCC(I)C5O)C12. The summed E-state index contributed by atoms with van der Waals surface area (Å²) in [5.74, 6) is 0.679. The van der Waals surface area contributed by atoms with Crippen LogP contribution in [0.3, 0.4) is 0 Å². The van der Waals surface area contributed by atoms with Crippen molar-refractivity contribution in [2.45, 2.75) is 55.6 Å². The molecule has 188 valence electrons. The first-order valence-corrected chi connectivity index (χ1v) is 14.3. The minimum absolute atomic E-state index is 0.148. The smallest absolute Gasteiger partial charge is 0.310 e. The van der Waals surface area contributed by atoms with Gasteiger partial charge < -0.3 is 15.2 Å². The van der Waals surface area contributed by atoms with Crippen LogP contribution in [0.4, 0.5) is 5.69 Å². The highest BCUT2D eigenvalue weighted by Gasteiger charge is 2.54. The second-order valence-corrected chi connectivity index (χ2v) is 12.5. The molecule has 0 radical (unpaired) electrons. The van der Waals surface area contributed by atoms with Crippen LogP contribution in [0.1, 0.15) is 65.8 Å². The molecule has 0 amide bonds. The molecule has 6 unspecified atom stereocenters. The summed E-state index contributed by atoms with van der Waals surface area (Å²) in [6.07, 6.45) is 4.53. The molecule has 2 aromatic rings. The van der Waals surface area contributed by atoms with Crippen molar-refractivity contribution in [3.8, 4) is 11.1 Å². The molecule has 0 bridgehead atoms. The first-order valence-electron chi connectivity index (χ1n) is 13.1. The number of Topliss-reactive ketones (excluding diaryl/α,β-unsaturated/α-hetero) is 1. The van der Waals surface area contributed by atoms with Gasteiger partial charge in [0.1, 0.15) is 0 Å². The Balaban J connectivity index is 1.16. The van der Waals surface area contributed by atoms with Crippen molar-refractivity contribution in [1.29, 1.82) is 0 Å². The first-order chi connectivity index (χ1) is 17.4. The van der Waals surface area contributed by atoms with Crippen molar-refractivity contribution in [3.05, 3.63) is 64.7 Å². The van der Waals surface area contributed by atoms with Crippen molar-refractivity contribution in [1.82, 2.24) is 0 Å². The lowest BCUT2D eigenvalue weighted by Gasteiger charge is -2.30. The maximum Gasteiger partial charge on any atom is 0.310 e. The van der Waals surface area contributed by atoms with Gasteiger partial charge in [0, 0.05) is 27.3 Å². The number of allylic oxidation sites excluding steroid dienone is 1. The van der Waals surface area contributed by atoms with Gasteiger partial charge in [-0.1, -0.05) is 60.2 Å². The van der Waals surface area contributed by atoms with Crippen LogP contribution in [0, 0.1) is 23.7 Å². The number of anilines is 1. The Hall–Kier alpha value is -2.19. The quantitative estimate of drug-likeness (QED) is 0.145. The van der Waals surface area contributed by atoms with Gasteiger partial charge in [0.05, 0.1) is 12.0 Å². The molecule has 6 atom stereocenters. The number of rotatable bonds is 5. The molecule has 36 heavy (non-hydrogen) atoms. The molecular weight excluding hydrogens is 565 g/mol. The molecule has 2 aromatic carbocycles. The minimum Gasteiger partial charge on any atom is -0.457 e. The van der Waals surface area contributed by atoms with E-state index in [0.717, 1.165) is 60.0 Å². The fourth-order valence-electron chi connectivity index (χ4n) is 6.64. The van der Waals surface area contributed by atoms with Gasteiger partial charge in [-0.3, -0.25) is 9.59 Å². The third-order valence-electron chi connectivity index (χ3n) is 8.88. The van der Waals surface area contributed by atoms with Crippen LogP contribution >= 0.6 is 22.6 Å². The highest BCUT2D eigenvalue weighted by atomic mass is 127. The van der Waals surface area contributed by atoms with Crippen LogP contribution in [-0.2, 0) is 22.5 Å². The zero-order chi connectivity index (χ0) is 25.1. The lowest BCUT2D eigenvalue weighted by atomic mass is 9.80. The number of halogens is 1. The monoisotopic (exact) mass is 597 g/mol. The van der Waals surface area contributed by atoms with Crippen LogP contribution in [0.25, 0.3) is 11.1 Å². The number of aliphatic hydroxyl groups is 1. The number of alkyl halides is 1. The summed E-state index contributed by atoms with van der Waals surface area (Å²) in [5, 5.41) is 14.1. The topological polar surface area (TPSA) is 75.6 Å². The van der Waals surface area contributed by atoms with Crippen LogP contribution in [0.2, 0.25) is 0 Å². The zero-order valence-electron chi connectivity index (χ0n) is 20.6. The van der Waals surface area contributed by atoms with E-state index in [2.05, 4.69) is 53.5 Å². The number of benzene rings is 2. The van der Waals surface area contributed by atoms with Crippen molar-refractivity contribution < 1.29 is 19.4 Å². The fraction of sp³-hybridized carbons (Fsp3) is 0.467. The second-order valence-electron chi connectivity index (χ2n) is 10.9. The Kier molecular flexibility index (Phi) is 6.23. The fourth-order valence-corrected chi connectivity index (χ4v) is 7.34. The summed E-state index contributed by atoms with van der Waals surface area (Å²) in [5.41, 5.74) is 8.27. The summed E-state index contributed by atoms with van der Waals surface area (Å²) in [7, 11) is 0. The number of aliphatic hydroxyl groups excluding tert-OH is 1. The molecule has 0 spiro atoms. The number of esters is 1. The Bertz CT molecular complexity index is 1270. The van der Waals surface area contributed by atoms with Crippen LogP contribution < -0.4 is 5.32 Å². The molecule has 2 fully saturated rings. The average molecular weight is 597 g/mol. The number of nitrogens with one attached hydrogen (secondary N) is 1. The van der Waals surface area contributed by atoms with Crippen molar-refractivity contribution in [3.63, 3.8) is 0 Å². The molecule has 6 heteroatoms. The van der Waals surface area contributed by atoms with Gasteiger partial charge in [0.2, 0.25) is 0 Å². The highest BCUT2D eigenvalue weighted by Crippen LogP contribution is 2.59. The van der Waals surface area contributed by atoms with Crippen molar-refractivity contribution in [2.24, 2.45) is 23.7 Å². The van der Waals surface area contributed by atoms with E-state index in [1.165, 1.54) is 11.1 Å². The molecule has 2 N–H and O–H groups in total. The molecule has 3 aliphatic carbocycles. The molecule has 0 saturated heterocycles. The van der Waals surface area contributed by atoms with E-state index < -0.39 is 6.10 Å². The number of ether oxygens (including phenoxy) is 1. The van der Waals surface area contributed by atoms with E-state index in [-0.39, 0.29) is 34.1 Å². The van der Waals surface area contributed by atoms with Gasteiger partial charge >= 0.3 is 5.97 Å². The normalized spacial score (nSPS) is 29.7. The maximum atomic E-state index is 13.0. The number of carbonyl (C=O) groups is 2. The molecule has 0 aromatic heterocycles. The van der Waals surface area contributed by atoms with Gasteiger partial charge in [0.25, 0.3) is 0 Å². The third kappa shape index (κ3) is 4.10. The molecule has 5 nitrogen and oxygen atoms in total. The highest BCUT2D eigenvalue weighted by molar-refractivity contribution is 14.1. The van der Waals surface area contributed by atoms with E-state index >= 15 is 0 Å². The lowest BCUT2D eigenvalue weighted by Crippen LogP contribution is -2.28. The zero-order valence-corrected chi connectivity index (χ0v) is 22.7. The lowest BCUT2D eigenvalue weighted by molar-refractivity contribution is -0.149. The Morgan fingerprint density at radius 3 is 2.81 bits per heavy atom. The molecule has 1 aliphatic heterocycles. The van der Waals surface area contributed by atoms with Gasteiger partial charge in [-0.25, -0.2) is 0 Å². The number of aryl methyl sites for hydroxylation is 1. The summed E-state index contributed by atoms with van der Waals surface area (Å²) < 4.78 is 5.79. The Morgan fingerprint density at radius 1 is 1.17 bits per heavy atom. The number of fused-ring (bicyclic) bond motifs is 5. The van der Waals surface area contributed by atoms with E-state index in [1.807, 2.05) is 18.2 Å². The first kappa shape index (κ1) is 24.2. The number of hydrogen-bond donors (Lipinski definition) is 2. The standard InChI is InChI=1S/C30H32INO4/c1-3-16-8-21-15(2)28(21)24(9-16)30(35)36-14-27(33)18-4-6-20-19(10-18)13-32-26-12-22-17(11-23(20)26)5-7-25(31)29(22)34/h4,6,10-12,16,21,24-25,28-29,32,34H,2-3,5,7-9,13-14H2,1H3. The largest absolute Gasteiger partial charge is 0.457 e. The van der Waals surface area contributed by atoms with Gasteiger partial charge in [-0.15, -0.1) is 0 Å². The predicted molar refractivity (Wildman–Crippen MR) is 148 cm³/mol. The second kappa shape index (κ2) is 9.28. The molecular formula is C30H32INO4. The third-order valence-corrected chi connectivity index (χ3v) is 10.2. The molecule has 2 saturated carbocycles. The Labute approximate surface area is 225 Å². The van der Waals surface area contributed by atoms with Gasteiger partial charge in [-0.2, -0.15) is 0 Å². The number of carbonyl (C=O) groups excluding carboxylic acids is 2. The summed E-state index contributed by atoms with van der Waals surface area (Å²) >= 11 is 2.34. The molecule has 6 rings (SSSR count). The van der Waals surface area contributed by atoms with E-state index in [0.29, 0.717) is 23.9 Å². The summed E-state index contributed by atoms with van der Waals surface area (Å²) in [6, 6.07) is 10.0. The van der Waals surface area contributed by atoms with Crippen LogP contribution in [-0.4, -0.2) is 27.4 Å². The average Bonchev–Trinajstić information content (AvgIpc) is 3.56. The van der Waals surface area contributed by atoms with E-state index in [9.17, 15) is 14.7 Å². The minimum atomic E-state index is -0.434. The Morgan fingerprint density at radius 2 is 2.00 bits per heavy atom. The van der Waals surface area contributed by atoms with Crippen molar-refractivity contribution >= 4 is 40.0 Å². The molecule has 1 heterocycles. The molecule has 4 aliphatic rings. The van der Waals surface area contributed by atoms with Crippen molar-refractivity contribution in [2.75, 3.05) is 11.9 Å². The van der Waals surface area contributed by atoms with E-state index in [1.54, 1.807) is 0 Å². The van der Waals surface area contributed by atoms with Crippen LogP contribution in [0.15, 0.2) is 42.5 Å². The maximum absolute atomic E-state index is 13.0. The summed E-state index contributed by atoms with van der Waals surface area (Å²) in [4.78, 5) is 25.8. The number of hydrogen-bond acceptors (Lipinski definition) is 5. The van der Waals surface area contributed by atoms with Gasteiger partial charge in [-0.05, 0) is 83.9 Å². The summed E-state index contributed by atoms with van der Waals surface area (Å²) in [6.45, 7) is 6.71. The van der Waals surface area contributed by atoms with Crippen LogP contribution in [0.5, 0.6) is 0 Å². The van der Waals surface area contributed by atoms with Gasteiger partial charge in [0.15, 0.2) is 12.4 Å². The van der Waals surface area contributed by atoms with E-state index in [4.69, 9.17) is 4.74 Å². The number of ketones is 1. The predicted octanol–water partition coefficient (Wildman–Crippen LogP) is 6.03.